The first kappa shape index (κ1) is 22.3. The van der Waals surface area contributed by atoms with Crippen molar-refractivity contribution in [1.82, 2.24) is 10.1 Å². The van der Waals surface area contributed by atoms with E-state index in [1.54, 1.807) is 18.2 Å². The smallest absolute Gasteiger partial charge is 0.226 e. The van der Waals surface area contributed by atoms with E-state index in [1.807, 2.05) is 24.3 Å². The van der Waals surface area contributed by atoms with Crippen LogP contribution in [0, 0.1) is 5.82 Å². The molecule has 0 aliphatic heterocycles. The summed E-state index contributed by atoms with van der Waals surface area (Å²) < 4.78 is 25.1. The van der Waals surface area contributed by atoms with Gasteiger partial charge in [-0.15, -0.1) is 0 Å². The van der Waals surface area contributed by atoms with Gasteiger partial charge in [0.25, 0.3) is 0 Å². The Morgan fingerprint density at radius 3 is 2.35 bits per heavy atom. The first-order chi connectivity index (χ1) is 16.7. The van der Waals surface area contributed by atoms with Crippen LogP contribution in [0.1, 0.15) is 55.5 Å². The van der Waals surface area contributed by atoms with E-state index in [4.69, 9.17) is 9.26 Å². The summed E-state index contributed by atoms with van der Waals surface area (Å²) in [6, 6.07) is 25.0. The minimum atomic E-state index is -0.263. The van der Waals surface area contributed by atoms with Crippen molar-refractivity contribution in [3.8, 4) is 17.1 Å². The molecule has 0 spiro atoms. The Kier molecular flexibility index (Phi) is 6.70. The van der Waals surface area contributed by atoms with Gasteiger partial charge in [-0.25, -0.2) is 4.39 Å². The molecule has 0 radical (unpaired) electrons. The van der Waals surface area contributed by atoms with Crippen LogP contribution in [0.15, 0.2) is 83.4 Å². The minimum Gasteiger partial charge on any atom is -0.489 e. The maximum atomic E-state index is 13.8. The molecule has 0 amide bonds. The molecule has 1 aliphatic carbocycles. The van der Waals surface area contributed by atoms with Crippen LogP contribution >= 0.6 is 0 Å². The van der Waals surface area contributed by atoms with E-state index in [0.717, 1.165) is 18.4 Å². The largest absolute Gasteiger partial charge is 0.489 e. The zero-order valence-corrected chi connectivity index (χ0v) is 19.3. The zero-order valence-electron chi connectivity index (χ0n) is 19.3. The molecule has 174 valence electrons. The molecule has 4 nitrogen and oxygen atoms in total. The average Bonchev–Trinajstić information content (AvgIpc) is 3.38. The summed E-state index contributed by atoms with van der Waals surface area (Å²) in [5.74, 6) is 1.65. The monoisotopic (exact) mass is 456 g/mol. The fraction of sp³-hybridized carbons (Fsp3) is 0.310. The molecule has 0 bridgehead atoms. The Balaban J connectivity index is 1.22. The van der Waals surface area contributed by atoms with E-state index in [9.17, 15) is 4.39 Å². The van der Waals surface area contributed by atoms with Crippen molar-refractivity contribution in [1.29, 1.82) is 0 Å². The van der Waals surface area contributed by atoms with Gasteiger partial charge in [0.15, 0.2) is 0 Å². The summed E-state index contributed by atoms with van der Waals surface area (Å²) in [6.07, 6.45) is 8.08. The number of aryl methyl sites for hydroxylation is 1. The number of ether oxygens (including phenoxy) is 1. The third kappa shape index (κ3) is 5.04. The maximum absolute atomic E-state index is 13.8. The molecule has 1 heterocycles. The van der Waals surface area contributed by atoms with Gasteiger partial charge in [0.05, 0.1) is 0 Å². The fourth-order valence-corrected chi connectivity index (χ4v) is 5.00. The van der Waals surface area contributed by atoms with Crippen LogP contribution in [-0.4, -0.2) is 10.1 Å². The topological polar surface area (TPSA) is 48.2 Å². The molecule has 1 fully saturated rings. The summed E-state index contributed by atoms with van der Waals surface area (Å²) >= 11 is 0. The predicted molar refractivity (Wildman–Crippen MR) is 130 cm³/mol. The van der Waals surface area contributed by atoms with E-state index in [1.165, 1.54) is 43.7 Å². The van der Waals surface area contributed by atoms with E-state index in [0.29, 0.717) is 23.0 Å². The van der Waals surface area contributed by atoms with Crippen LogP contribution in [0.5, 0.6) is 5.75 Å². The van der Waals surface area contributed by atoms with Crippen LogP contribution < -0.4 is 4.74 Å². The molecule has 0 atom stereocenters. The third-order valence-electron chi connectivity index (χ3n) is 6.95. The summed E-state index contributed by atoms with van der Waals surface area (Å²) in [5.41, 5.74) is 3.02. The lowest BCUT2D eigenvalue weighted by atomic mass is 9.67. The van der Waals surface area contributed by atoms with Crippen molar-refractivity contribution >= 4 is 0 Å². The molecule has 1 aliphatic rings. The van der Waals surface area contributed by atoms with Gasteiger partial charge in [0, 0.05) is 17.5 Å². The number of hydrogen-bond acceptors (Lipinski definition) is 4. The Hall–Kier alpha value is -3.47. The highest BCUT2D eigenvalue weighted by molar-refractivity contribution is 5.55. The Morgan fingerprint density at radius 2 is 1.59 bits per heavy atom. The van der Waals surface area contributed by atoms with Crippen molar-refractivity contribution in [2.24, 2.45) is 0 Å². The van der Waals surface area contributed by atoms with Crippen LogP contribution in [0.3, 0.4) is 0 Å². The molecule has 34 heavy (non-hydrogen) atoms. The van der Waals surface area contributed by atoms with Gasteiger partial charge in [0.2, 0.25) is 11.7 Å². The lowest BCUT2D eigenvalue weighted by molar-refractivity contribution is 0.261. The molecule has 0 N–H and O–H groups in total. The fourth-order valence-electron chi connectivity index (χ4n) is 5.00. The summed E-state index contributed by atoms with van der Waals surface area (Å²) in [6.45, 7) is 0.182. The van der Waals surface area contributed by atoms with Gasteiger partial charge < -0.3 is 9.26 Å². The number of rotatable bonds is 8. The van der Waals surface area contributed by atoms with E-state index in [-0.39, 0.29) is 17.8 Å². The van der Waals surface area contributed by atoms with Crippen molar-refractivity contribution in [3.63, 3.8) is 0 Å². The predicted octanol–water partition coefficient (Wildman–Crippen LogP) is 7.29. The Morgan fingerprint density at radius 1 is 0.853 bits per heavy atom. The highest BCUT2D eigenvalue weighted by atomic mass is 19.1. The standard InChI is InChI=1S/C29H29FN2O2/c30-26-12-6-5-9-23(26)21-33-25-15-13-22(14-16-25)28-31-27(34-32-28)17-20-29(18-7-2-8-19-29)24-10-3-1-4-11-24/h1,3-6,9-16H,2,7-8,17-21H2. The van der Waals surface area contributed by atoms with Crippen LogP contribution in [-0.2, 0) is 18.4 Å². The van der Waals surface area contributed by atoms with Crippen molar-refractivity contribution < 1.29 is 13.7 Å². The number of benzene rings is 3. The van der Waals surface area contributed by atoms with Gasteiger partial charge in [-0.2, -0.15) is 4.98 Å². The first-order valence-corrected chi connectivity index (χ1v) is 12.1. The zero-order chi connectivity index (χ0) is 23.2. The number of hydrogen-bond donors (Lipinski definition) is 0. The second-order valence-electron chi connectivity index (χ2n) is 9.12. The summed E-state index contributed by atoms with van der Waals surface area (Å²) in [5, 5.41) is 4.20. The van der Waals surface area contributed by atoms with Crippen molar-refractivity contribution in [2.75, 3.05) is 0 Å². The normalized spacial score (nSPS) is 15.2. The first-order valence-electron chi connectivity index (χ1n) is 12.1. The lowest BCUT2D eigenvalue weighted by Gasteiger charge is -2.38. The van der Waals surface area contributed by atoms with Crippen LogP contribution in [0.2, 0.25) is 0 Å². The minimum absolute atomic E-state index is 0.182. The van der Waals surface area contributed by atoms with Gasteiger partial charge in [-0.05, 0) is 60.6 Å². The number of nitrogens with zero attached hydrogens (tertiary/aromatic N) is 2. The maximum Gasteiger partial charge on any atom is 0.226 e. The van der Waals surface area contributed by atoms with Crippen molar-refractivity contribution in [3.05, 3.63) is 102 Å². The van der Waals surface area contributed by atoms with Gasteiger partial charge in [0.1, 0.15) is 18.2 Å². The van der Waals surface area contributed by atoms with E-state index in [2.05, 4.69) is 40.5 Å². The second kappa shape index (κ2) is 10.2. The number of aromatic nitrogens is 2. The van der Waals surface area contributed by atoms with Crippen molar-refractivity contribution in [2.45, 2.75) is 57.0 Å². The lowest BCUT2D eigenvalue weighted by Crippen LogP contribution is -2.29. The second-order valence-corrected chi connectivity index (χ2v) is 9.12. The third-order valence-corrected chi connectivity index (χ3v) is 6.95. The molecule has 3 aromatic carbocycles. The molecule has 0 saturated heterocycles. The molecule has 1 saturated carbocycles. The van der Waals surface area contributed by atoms with E-state index < -0.39 is 0 Å². The van der Waals surface area contributed by atoms with Gasteiger partial charge >= 0.3 is 0 Å². The molecule has 0 unspecified atom stereocenters. The molecule has 5 rings (SSSR count). The Bertz CT molecular complexity index is 1200. The highest BCUT2D eigenvalue weighted by Crippen LogP contribution is 2.42. The Labute approximate surface area is 199 Å². The van der Waals surface area contributed by atoms with Gasteiger partial charge in [-0.3, -0.25) is 0 Å². The summed E-state index contributed by atoms with van der Waals surface area (Å²) in [4.78, 5) is 4.66. The molecular formula is C29H29FN2O2. The molecule has 1 aromatic heterocycles. The van der Waals surface area contributed by atoms with Crippen LogP contribution in [0.25, 0.3) is 11.4 Å². The number of halogens is 1. The van der Waals surface area contributed by atoms with Gasteiger partial charge in [-0.1, -0.05) is 73.0 Å². The SMILES string of the molecule is Fc1ccccc1COc1ccc(-c2noc(CCC3(c4ccccc4)CCCCC3)n2)cc1. The molecular weight excluding hydrogens is 427 g/mol. The average molecular weight is 457 g/mol. The quantitative estimate of drug-likeness (QED) is 0.279. The van der Waals surface area contributed by atoms with Crippen LogP contribution in [0.4, 0.5) is 4.39 Å². The van der Waals surface area contributed by atoms with E-state index >= 15 is 0 Å². The molecule has 5 heteroatoms. The highest BCUT2D eigenvalue weighted by Gasteiger charge is 2.33. The summed E-state index contributed by atoms with van der Waals surface area (Å²) in [7, 11) is 0. The molecule has 4 aromatic rings.